The van der Waals surface area contributed by atoms with Crippen LogP contribution in [0.4, 0.5) is 5.13 Å². The molecule has 0 saturated heterocycles. The molecule has 0 N–H and O–H groups in total. The zero-order valence-corrected chi connectivity index (χ0v) is 18.8. The highest BCUT2D eigenvalue weighted by atomic mass is 32.2. The zero-order valence-electron chi connectivity index (χ0n) is 17.2. The minimum atomic E-state index is -0.0548. The van der Waals surface area contributed by atoms with Crippen molar-refractivity contribution in [1.82, 2.24) is 9.97 Å². The number of amides is 1. The summed E-state index contributed by atoms with van der Waals surface area (Å²) in [5, 5.41) is 1.15. The SMILES string of the molecule is Cc1ccc2nc(N(Cc3cccnc3)C(=O)c3cccc(SC(C)C)c3)sc2c1. The fraction of sp³-hybridized carbons (Fsp3) is 0.208. The molecule has 0 atom stereocenters. The maximum atomic E-state index is 13.6. The third kappa shape index (κ3) is 4.71. The van der Waals surface area contributed by atoms with Crippen LogP contribution in [0.5, 0.6) is 0 Å². The van der Waals surface area contributed by atoms with Gasteiger partial charge in [0, 0.05) is 28.1 Å². The summed E-state index contributed by atoms with van der Waals surface area (Å²) in [4.78, 5) is 25.4. The van der Waals surface area contributed by atoms with E-state index >= 15 is 0 Å². The Kier molecular flexibility index (Phi) is 6.16. The molecule has 0 radical (unpaired) electrons. The number of thiazole rings is 1. The number of aromatic nitrogens is 2. The Morgan fingerprint density at radius 3 is 2.77 bits per heavy atom. The maximum Gasteiger partial charge on any atom is 0.260 e. The number of hydrogen-bond acceptors (Lipinski definition) is 5. The van der Waals surface area contributed by atoms with E-state index in [0.29, 0.717) is 22.5 Å². The van der Waals surface area contributed by atoms with Crippen molar-refractivity contribution in [2.75, 3.05) is 4.90 Å². The van der Waals surface area contributed by atoms with Crippen LogP contribution < -0.4 is 4.90 Å². The number of benzene rings is 2. The lowest BCUT2D eigenvalue weighted by Gasteiger charge is -2.20. The Morgan fingerprint density at radius 1 is 1.13 bits per heavy atom. The van der Waals surface area contributed by atoms with Crippen LogP contribution in [-0.2, 0) is 6.54 Å². The van der Waals surface area contributed by atoms with Crippen molar-refractivity contribution in [3.05, 3.63) is 83.7 Å². The lowest BCUT2D eigenvalue weighted by atomic mass is 10.2. The van der Waals surface area contributed by atoms with E-state index in [1.54, 1.807) is 40.4 Å². The Balaban J connectivity index is 1.73. The van der Waals surface area contributed by atoms with Crippen molar-refractivity contribution in [2.24, 2.45) is 0 Å². The maximum absolute atomic E-state index is 13.6. The number of nitrogens with zero attached hydrogens (tertiary/aromatic N) is 3. The predicted octanol–water partition coefficient (Wildman–Crippen LogP) is 6.35. The molecule has 30 heavy (non-hydrogen) atoms. The number of pyridine rings is 1. The molecule has 1 amide bonds. The summed E-state index contributed by atoms with van der Waals surface area (Å²) < 4.78 is 1.08. The number of carbonyl (C=O) groups is 1. The van der Waals surface area contributed by atoms with Crippen LogP contribution >= 0.6 is 23.1 Å². The van der Waals surface area contributed by atoms with Crippen LogP contribution in [0.25, 0.3) is 10.2 Å². The molecule has 4 rings (SSSR count). The quantitative estimate of drug-likeness (QED) is 0.333. The molecule has 0 fully saturated rings. The van der Waals surface area contributed by atoms with Gasteiger partial charge in [0.25, 0.3) is 5.91 Å². The minimum Gasteiger partial charge on any atom is -0.279 e. The van der Waals surface area contributed by atoms with Crippen molar-refractivity contribution in [3.63, 3.8) is 0 Å². The smallest absolute Gasteiger partial charge is 0.260 e. The van der Waals surface area contributed by atoms with Gasteiger partial charge in [0.15, 0.2) is 5.13 Å². The molecule has 0 aliphatic heterocycles. The van der Waals surface area contributed by atoms with Crippen molar-refractivity contribution < 1.29 is 4.79 Å². The monoisotopic (exact) mass is 433 g/mol. The van der Waals surface area contributed by atoms with Crippen LogP contribution in [0.3, 0.4) is 0 Å². The van der Waals surface area contributed by atoms with Crippen molar-refractivity contribution in [3.8, 4) is 0 Å². The molecule has 2 aromatic heterocycles. The predicted molar refractivity (Wildman–Crippen MR) is 127 cm³/mol. The highest BCUT2D eigenvalue weighted by molar-refractivity contribution is 7.99. The van der Waals surface area contributed by atoms with Gasteiger partial charge >= 0.3 is 0 Å². The average Bonchev–Trinajstić information content (AvgIpc) is 3.15. The van der Waals surface area contributed by atoms with Crippen molar-refractivity contribution >= 4 is 44.4 Å². The molecule has 0 spiro atoms. The molecular formula is C24H23N3OS2. The third-order valence-electron chi connectivity index (χ3n) is 4.52. The van der Waals surface area contributed by atoms with E-state index in [4.69, 9.17) is 4.98 Å². The summed E-state index contributed by atoms with van der Waals surface area (Å²) in [6.45, 7) is 6.79. The number of thioether (sulfide) groups is 1. The highest BCUT2D eigenvalue weighted by Gasteiger charge is 2.22. The molecule has 0 aliphatic rings. The second-order valence-corrected chi connectivity index (χ2v) is 10.1. The first kappa shape index (κ1) is 20.6. The van der Waals surface area contributed by atoms with Gasteiger partial charge in [0.05, 0.1) is 16.8 Å². The highest BCUT2D eigenvalue weighted by Crippen LogP contribution is 2.32. The molecule has 2 heterocycles. The van der Waals surface area contributed by atoms with Gasteiger partial charge < -0.3 is 0 Å². The number of carbonyl (C=O) groups excluding carboxylic acids is 1. The van der Waals surface area contributed by atoms with Gasteiger partial charge in [-0.15, -0.1) is 11.8 Å². The summed E-state index contributed by atoms with van der Waals surface area (Å²) in [5.41, 5.74) is 3.73. The third-order valence-corrected chi connectivity index (χ3v) is 6.56. The van der Waals surface area contributed by atoms with Gasteiger partial charge in [-0.2, -0.15) is 0 Å². The Morgan fingerprint density at radius 2 is 2.00 bits per heavy atom. The standard InChI is InChI=1S/C24H23N3OS2/c1-16(2)29-20-8-4-7-19(13-20)23(28)27(15-18-6-5-11-25-14-18)24-26-21-10-9-17(3)12-22(21)30-24/h4-14,16H,15H2,1-3H3. The number of fused-ring (bicyclic) bond motifs is 1. The van der Waals surface area contributed by atoms with E-state index in [1.807, 2.05) is 48.5 Å². The van der Waals surface area contributed by atoms with E-state index in [-0.39, 0.29) is 5.91 Å². The summed E-state index contributed by atoms with van der Waals surface area (Å²) in [6.07, 6.45) is 3.53. The van der Waals surface area contributed by atoms with Crippen molar-refractivity contribution in [2.45, 2.75) is 37.5 Å². The van der Waals surface area contributed by atoms with Crippen LogP contribution in [0.2, 0.25) is 0 Å². The largest absolute Gasteiger partial charge is 0.279 e. The van der Waals surface area contributed by atoms with E-state index in [9.17, 15) is 4.79 Å². The molecule has 0 bridgehead atoms. The summed E-state index contributed by atoms with van der Waals surface area (Å²) >= 11 is 3.30. The summed E-state index contributed by atoms with van der Waals surface area (Å²) in [7, 11) is 0. The number of hydrogen-bond donors (Lipinski definition) is 0. The first-order valence-electron chi connectivity index (χ1n) is 9.84. The molecule has 4 aromatic rings. The van der Waals surface area contributed by atoms with E-state index in [2.05, 4.69) is 31.8 Å². The number of aryl methyl sites for hydroxylation is 1. The Labute approximate surface area is 185 Å². The number of rotatable bonds is 6. The van der Waals surface area contributed by atoms with Crippen LogP contribution in [-0.4, -0.2) is 21.1 Å². The van der Waals surface area contributed by atoms with Gasteiger partial charge in [0.1, 0.15) is 0 Å². The normalized spacial score (nSPS) is 11.2. The fourth-order valence-corrected chi connectivity index (χ4v) is 5.12. The van der Waals surface area contributed by atoms with Gasteiger partial charge in [-0.25, -0.2) is 4.98 Å². The van der Waals surface area contributed by atoms with Gasteiger partial charge in [-0.05, 0) is 54.4 Å². The molecule has 4 nitrogen and oxygen atoms in total. The van der Waals surface area contributed by atoms with Crippen molar-refractivity contribution in [1.29, 1.82) is 0 Å². The topological polar surface area (TPSA) is 46.1 Å². The molecule has 0 saturated carbocycles. The lowest BCUT2D eigenvalue weighted by Crippen LogP contribution is -2.30. The van der Waals surface area contributed by atoms with Gasteiger partial charge in [0.2, 0.25) is 0 Å². The first-order chi connectivity index (χ1) is 14.5. The molecule has 6 heteroatoms. The van der Waals surface area contributed by atoms with E-state index in [0.717, 1.165) is 20.7 Å². The average molecular weight is 434 g/mol. The minimum absolute atomic E-state index is 0.0548. The van der Waals surface area contributed by atoms with Crippen LogP contribution in [0, 0.1) is 6.92 Å². The summed E-state index contributed by atoms with van der Waals surface area (Å²) in [6, 6.07) is 17.9. The van der Waals surface area contributed by atoms with Gasteiger partial charge in [-0.3, -0.25) is 14.7 Å². The Bertz CT molecular complexity index is 1170. The molecule has 152 valence electrons. The fourth-order valence-electron chi connectivity index (χ4n) is 3.17. The zero-order chi connectivity index (χ0) is 21.1. The van der Waals surface area contributed by atoms with E-state index < -0.39 is 0 Å². The van der Waals surface area contributed by atoms with Crippen LogP contribution in [0.1, 0.15) is 35.3 Å². The molecule has 0 unspecified atom stereocenters. The van der Waals surface area contributed by atoms with E-state index in [1.165, 1.54) is 5.56 Å². The lowest BCUT2D eigenvalue weighted by molar-refractivity contribution is 0.0985. The molecule has 2 aromatic carbocycles. The molecule has 0 aliphatic carbocycles. The summed E-state index contributed by atoms with van der Waals surface area (Å²) in [5.74, 6) is -0.0548. The van der Waals surface area contributed by atoms with Crippen LogP contribution in [0.15, 0.2) is 71.9 Å². The number of anilines is 1. The second kappa shape index (κ2) is 8.98. The molecular weight excluding hydrogens is 410 g/mol. The Hall–Kier alpha value is -2.70. The first-order valence-corrected chi connectivity index (χ1v) is 11.5. The second-order valence-electron chi connectivity index (χ2n) is 7.41. The van der Waals surface area contributed by atoms with Gasteiger partial charge in [-0.1, -0.05) is 43.4 Å².